The third kappa shape index (κ3) is 2.39. The third-order valence-electron chi connectivity index (χ3n) is 2.16. The van der Waals surface area contributed by atoms with Gasteiger partial charge in [-0.1, -0.05) is 19.9 Å². The van der Waals surface area contributed by atoms with Crippen LogP contribution in [0.1, 0.15) is 19.5 Å². The van der Waals surface area contributed by atoms with E-state index in [1.54, 1.807) is 12.3 Å². The Bertz CT molecular complexity index is 477. The van der Waals surface area contributed by atoms with E-state index in [2.05, 4.69) is 23.8 Å². The molecule has 2 aromatic heterocycles. The Kier molecular flexibility index (Phi) is 2.90. The minimum absolute atomic E-state index is 0.473. The molecule has 0 bridgehead atoms. The summed E-state index contributed by atoms with van der Waals surface area (Å²) in [6.45, 7) is 4.29. The predicted molar refractivity (Wildman–Crippen MR) is 62.7 cm³/mol. The molecule has 4 heteroatoms. The highest BCUT2D eigenvalue weighted by Crippen LogP contribution is 2.18. The number of nitrogens with two attached hydrogens (primary N) is 1. The van der Waals surface area contributed by atoms with Crippen LogP contribution < -0.4 is 5.73 Å². The number of pyridine rings is 1. The van der Waals surface area contributed by atoms with Crippen LogP contribution in [0.15, 0.2) is 28.9 Å². The maximum atomic E-state index is 5.60. The van der Waals surface area contributed by atoms with Crippen molar-refractivity contribution in [2.24, 2.45) is 5.92 Å². The molecule has 0 amide bonds. The van der Waals surface area contributed by atoms with E-state index in [4.69, 9.17) is 10.2 Å². The molecule has 84 valence electrons. The van der Waals surface area contributed by atoms with Crippen LogP contribution in [0.5, 0.6) is 0 Å². The largest absolute Gasteiger partial charge is 0.443 e. The van der Waals surface area contributed by atoms with Gasteiger partial charge in [0, 0.05) is 0 Å². The molecule has 0 aliphatic heterocycles. The van der Waals surface area contributed by atoms with Gasteiger partial charge in [-0.25, -0.2) is 9.97 Å². The second-order valence-electron chi connectivity index (χ2n) is 4.19. The first kappa shape index (κ1) is 10.7. The van der Waals surface area contributed by atoms with Gasteiger partial charge in [-0.2, -0.15) is 0 Å². The standard InChI is InChI=1S/C12H15N3O/c1-8(2)6-9-7-16-12(14-9)10-4-3-5-11(13)15-10/h3-5,7-8H,6H2,1-2H3,(H2,13,15). The van der Waals surface area contributed by atoms with Crippen LogP contribution in [0.3, 0.4) is 0 Å². The van der Waals surface area contributed by atoms with Crippen molar-refractivity contribution in [3.63, 3.8) is 0 Å². The van der Waals surface area contributed by atoms with Crippen molar-refractivity contribution >= 4 is 5.82 Å². The molecule has 0 aliphatic rings. The molecule has 16 heavy (non-hydrogen) atoms. The zero-order valence-electron chi connectivity index (χ0n) is 9.47. The Labute approximate surface area is 94.5 Å². The average molecular weight is 217 g/mol. The van der Waals surface area contributed by atoms with Crippen LogP contribution in [-0.4, -0.2) is 9.97 Å². The Morgan fingerprint density at radius 3 is 2.81 bits per heavy atom. The van der Waals surface area contributed by atoms with Gasteiger partial charge in [-0.15, -0.1) is 0 Å². The molecule has 0 aliphatic carbocycles. The summed E-state index contributed by atoms with van der Waals surface area (Å²) < 4.78 is 5.38. The van der Waals surface area contributed by atoms with Crippen molar-refractivity contribution in [1.82, 2.24) is 9.97 Å². The number of oxazole rings is 1. The minimum Gasteiger partial charge on any atom is -0.443 e. The summed E-state index contributed by atoms with van der Waals surface area (Å²) in [5.74, 6) is 1.57. The molecule has 2 heterocycles. The van der Waals surface area contributed by atoms with Crippen molar-refractivity contribution in [1.29, 1.82) is 0 Å². The highest BCUT2D eigenvalue weighted by Gasteiger charge is 2.09. The fraction of sp³-hybridized carbons (Fsp3) is 0.333. The summed E-state index contributed by atoms with van der Waals surface area (Å²) in [5, 5.41) is 0. The van der Waals surface area contributed by atoms with Gasteiger partial charge in [0.25, 0.3) is 0 Å². The normalized spacial score (nSPS) is 10.9. The Morgan fingerprint density at radius 1 is 1.31 bits per heavy atom. The number of nitrogens with zero attached hydrogens (tertiary/aromatic N) is 2. The molecular formula is C12H15N3O. The van der Waals surface area contributed by atoms with E-state index in [1.807, 2.05) is 12.1 Å². The zero-order valence-corrected chi connectivity index (χ0v) is 9.47. The molecular weight excluding hydrogens is 202 g/mol. The van der Waals surface area contributed by atoms with E-state index >= 15 is 0 Å². The Balaban J connectivity index is 2.24. The molecule has 0 aromatic carbocycles. The van der Waals surface area contributed by atoms with Crippen molar-refractivity contribution in [2.45, 2.75) is 20.3 Å². The lowest BCUT2D eigenvalue weighted by molar-refractivity contribution is 0.565. The van der Waals surface area contributed by atoms with Crippen LogP contribution in [0.2, 0.25) is 0 Å². The zero-order chi connectivity index (χ0) is 11.5. The minimum atomic E-state index is 0.473. The second-order valence-corrected chi connectivity index (χ2v) is 4.19. The summed E-state index contributed by atoms with van der Waals surface area (Å²) in [4.78, 5) is 8.53. The second kappa shape index (κ2) is 4.35. The summed E-state index contributed by atoms with van der Waals surface area (Å²) in [6, 6.07) is 5.41. The molecule has 0 radical (unpaired) electrons. The van der Waals surface area contributed by atoms with Gasteiger partial charge >= 0.3 is 0 Å². The summed E-state index contributed by atoms with van der Waals surface area (Å²) in [5.41, 5.74) is 7.23. The highest BCUT2D eigenvalue weighted by atomic mass is 16.3. The van der Waals surface area contributed by atoms with Crippen LogP contribution in [0, 0.1) is 5.92 Å². The van der Waals surface area contributed by atoms with Gasteiger partial charge in [0.1, 0.15) is 17.8 Å². The molecule has 2 N–H and O–H groups in total. The average Bonchev–Trinajstić information content (AvgIpc) is 2.65. The molecule has 2 aromatic rings. The summed E-state index contributed by atoms with van der Waals surface area (Å²) in [7, 11) is 0. The first-order valence-electron chi connectivity index (χ1n) is 5.32. The van der Waals surface area contributed by atoms with Crippen molar-refractivity contribution in [3.05, 3.63) is 30.2 Å². The number of anilines is 1. The fourth-order valence-electron chi connectivity index (χ4n) is 1.51. The topological polar surface area (TPSA) is 64.9 Å². The van der Waals surface area contributed by atoms with E-state index in [-0.39, 0.29) is 0 Å². The molecule has 0 unspecified atom stereocenters. The van der Waals surface area contributed by atoms with Gasteiger partial charge < -0.3 is 10.2 Å². The maximum absolute atomic E-state index is 5.60. The SMILES string of the molecule is CC(C)Cc1coc(-c2cccc(N)n2)n1. The van der Waals surface area contributed by atoms with Gasteiger partial charge in [-0.3, -0.25) is 0 Å². The third-order valence-corrected chi connectivity index (χ3v) is 2.16. The quantitative estimate of drug-likeness (QED) is 0.857. The van der Waals surface area contributed by atoms with Crippen molar-refractivity contribution in [3.8, 4) is 11.6 Å². The molecule has 0 saturated heterocycles. The van der Waals surface area contributed by atoms with Crippen molar-refractivity contribution < 1.29 is 4.42 Å². The lowest BCUT2D eigenvalue weighted by atomic mass is 10.1. The molecule has 2 rings (SSSR count). The number of rotatable bonds is 3. The van der Waals surface area contributed by atoms with Crippen LogP contribution in [0.25, 0.3) is 11.6 Å². The smallest absolute Gasteiger partial charge is 0.245 e. The summed E-state index contributed by atoms with van der Waals surface area (Å²) >= 11 is 0. The van der Waals surface area contributed by atoms with Gasteiger partial charge in [0.05, 0.1) is 5.69 Å². The molecule has 4 nitrogen and oxygen atoms in total. The van der Waals surface area contributed by atoms with Crippen LogP contribution in [0.4, 0.5) is 5.82 Å². The molecule has 0 atom stereocenters. The molecule has 0 saturated carbocycles. The van der Waals surface area contributed by atoms with E-state index in [0.29, 0.717) is 23.3 Å². The number of hydrogen-bond acceptors (Lipinski definition) is 4. The number of aromatic nitrogens is 2. The monoisotopic (exact) mass is 217 g/mol. The first-order valence-corrected chi connectivity index (χ1v) is 5.32. The van der Waals surface area contributed by atoms with Gasteiger partial charge in [0.15, 0.2) is 0 Å². The molecule has 0 fully saturated rings. The van der Waals surface area contributed by atoms with E-state index in [1.165, 1.54) is 0 Å². The Hall–Kier alpha value is -1.84. The van der Waals surface area contributed by atoms with Gasteiger partial charge in [0.2, 0.25) is 5.89 Å². The van der Waals surface area contributed by atoms with Gasteiger partial charge in [-0.05, 0) is 24.5 Å². The van der Waals surface area contributed by atoms with E-state index in [0.717, 1.165) is 12.1 Å². The Morgan fingerprint density at radius 2 is 2.12 bits per heavy atom. The number of nitrogen functional groups attached to an aromatic ring is 1. The highest BCUT2D eigenvalue weighted by molar-refractivity contribution is 5.50. The maximum Gasteiger partial charge on any atom is 0.245 e. The first-order chi connectivity index (χ1) is 7.65. The van der Waals surface area contributed by atoms with Crippen LogP contribution in [-0.2, 0) is 6.42 Å². The van der Waals surface area contributed by atoms with E-state index < -0.39 is 0 Å². The molecule has 0 spiro atoms. The lowest BCUT2D eigenvalue weighted by Gasteiger charge is -1.98. The van der Waals surface area contributed by atoms with Crippen LogP contribution >= 0.6 is 0 Å². The van der Waals surface area contributed by atoms with E-state index in [9.17, 15) is 0 Å². The fourth-order valence-corrected chi connectivity index (χ4v) is 1.51. The lowest BCUT2D eigenvalue weighted by Crippen LogP contribution is -1.95. The van der Waals surface area contributed by atoms with Crippen molar-refractivity contribution in [2.75, 3.05) is 5.73 Å². The summed E-state index contributed by atoms with van der Waals surface area (Å²) in [6.07, 6.45) is 2.59. The predicted octanol–water partition coefficient (Wildman–Crippen LogP) is 2.52. The number of hydrogen-bond donors (Lipinski definition) is 1.